The molecule has 32 heavy (non-hydrogen) atoms. The van der Waals surface area contributed by atoms with Crippen molar-refractivity contribution in [1.29, 1.82) is 0 Å². The highest BCUT2D eigenvalue weighted by atomic mass is 32.2. The van der Waals surface area contributed by atoms with Crippen LogP contribution >= 0.6 is 0 Å². The Bertz CT molecular complexity index is 1060. The van der Waals surface area contributed by atoms with Gasteiger partial charge in [0.25, 0.3) is 5.91 Å². The van der Waals surface area contributed by atoms with Gasteiger partial charge in [-0.25, -0.2) is 8.42 Å². The Hall–Kier alpha value is -2.91. The fourth-order valence-electron chi connectivity index (χ4n) is 3.63. The van der Waals surface area contributed by atoms with E-state index in [1.165, 1.54) is 36.7 Å². The maximum Gasteiger partial charge on any atom is 0.251 e. The molecule has 1 saturated heterocycles. The van der Waals surface area contributed by atoms with Gasteiger partial charge in [0, 0.05) is 45.2 Å². The predicted molar refractivity (Wildman–Crippen MR) is 121 cm³/mol. The van der Waals surface area contributed by atoms with E-state index in [0.717, 1.165) is 18.5 Å². The van der Waals surface area contributed by atoms with Gasteiger partial charge in [-0.1, -0.05) is 30.3 Å². The fraction of sp³-hybridized carbons (Fsp3) is 0.391. The lowest BCUT2D eigenvalue weighted by molar-refractivity contribution is -0.127. The number of hydrogen-bond acceptors (Lipinski definition) is 5. The Morgan fingerprint density at radius 2 is 1.94 bits per heavy atom. The van der Waals surface area contributed by atoms with Crippen molar-refractivity contribution < 1.29 is 22.7 Å². The number of hydrogen-bond donors (Lipinski definition) is 1. The number of nitrogens with one attached hydrogen (secondary N) is 1. The van der Waals surface area contributed by atoms with E-state index in [0.29, 0.717) is 25.9 Å². The van der Waals surface area contributed by atoms with E-state index >= 15 is 0 Å². The second-order valence-corrected chi connectivity index (χ2v) is 9.72. The summed E-state index contributed by atoms with van der Waals surface area (Å²) in [6.07, 6.45) is 2.11. The van der Waals surface area contributed by atoms with Crippen molar-refractivity contribution in [3.05, 3.63) is 59.7 Å². The van der Waals surface area contributed by atoms with Gasteiger partial charge >= 0.3 is 0 Å². The molecule has 1 heterocycles. The van der Waals surface area contributed by atoms with E-state index in [2.05, 4.69) is 5.32 Å². The van der Waals surface area contributed by atoms with Crippen molar-refractivity contribution in [1.82, 2.24) is 14.5 Å². The third-order valence-corrected chi connectivity index (χ3v) is 7.25. The zero-order valence-corrected chi connectivity index (χ0v) is 19.2. The lowest BCUT2D eigenvalue weighted by Crippen LogP contribution is -2.31. The number of ether oxygens (including phenoxy) is 1. The van der Waals surface area contributed by atoms with Crippen LogP contribution in [0.5, 0.6) is 5.75 Å². The molecule has 172 valence electrons. The van der Waals surface area contributed by atoms with Gasteiger partial charge in [-0.15, -0.1) is 0 Å². The van der Waals surface area contributed by atoms with Crippen molar-refractivity contribution in [2.75, 3.05) is 33.8 Å². The van der Waals surface area contributed by atoms with Crippen LogP contribution in [-0.4, -0.2) is 63.2 Å². The average molecular weight is 460 g/mol. The van der Waals surface area contributed by atoms with Crippen LogP contribution in [0.2, 0.25) is 0 Å². The Morgan fingerprint density at radius 1 is 1.19 bits per heavy atom. The minimum Gasteiger partial charge on any atom is -0.495 e. The van der Waals surface area contributed by atoms with Crippen LogP contribution in [0.25, 0.3) is 0 Å². The monoisotopic (exact) mass is 459 g/mol. The standard InChI is InChI=1S/C23H29N3O5S/c1-25(17-18-8-4-3-5-9-18)32(29,30)21-16-19(11-12-20(21)31-2)23(28)24-13-7-15-26-14-6-10-22(26)27/h3-5,8-9,11-12,16H,6-7,10,13-15,17H2,1-2H3,(H,24,28). The number of sulfonamides is 1. The lowest BCUT2D eigenvalue weighted by atomic mass is 10.2. The minimum atomic E-state index is -3.89. The molecule has 0 saturated carbocycles. The van der Waals surface area contributed by atoms with Crippen LogP contribution in [0.1, 0.15) is 35.2 Å². The zero-order chi connectivity index (χ0) is 23.1. The molecule has 1 aliphatic heterocycles. The van der Waals surface area contributed by atoms with E-state index in [4.69, 9.17) is 4.74 Å². The fourth-order valence-corrected chi connectivity index (χ4v) is 4.96. The number of carbonyl (C=O) groups is 2. The molecule has 9 heteroatoms. The van der Waals surface area contributed by atoms with Crippen LogP contribution in [0.3, 0.4) is 0 Å². The van der Waals surface area contributed by atoms with Crippen molar-refractivity contribution in [3.63, 3.8) is 0 Å². The average Bonchev–Trinajstić information content (AvgIpc) is 3.21. The first-order chi connectivity index (χ1) is 15.3. The van der Waals surface area contributed by atoms with Gasteiger partial charge in [0.2, 0.25) is 15.9 Å². The van der Waals surface area contributed by atoms with Gasteiger partial charge in [0.15, 0.2) is 0 Å². The van der Waals surface area contributed by atoms with E-state index < -0.39 is 10.0 Å². The van der Waals surface area contributed by atoms with Crippen molar-refractivity contribution in [2.24, 2.45) is 0 Å². The molecule has 0 atom stereocenters. The van der Waals surface area contributed by atoms with Crippen LogP contribution in [-0.2, 0) is 21.4 Å². The quantitative estimate of drug-likeness (QED) is 0.550. The molecule has 2 aromatic rings. The number of nitrogens with zero attached hydrogens (tertiary/aromatic N) is 2. The Balaban J connectivity index is 1.68. The van der Waals surface area contributed by atoms with E-state index in [-0.39, 0.29) is 34.6 Å². The molecular weight excluding hydrogens is 430 g/mol. The summed E-state index contributed by atoms with van der Waals surface area (Å²) >= 11 is 0. The SMILES string of the molecule is COc1ccc(C(=O)NCCCN2CCCC2=O)cc1S(=O)(=O)N(C)Cc1ccccc1. The number of benzene rings is 2. The second kappa shape index (κ2) is 10.6. The van der Waals surface area contributed by atoms with Crippen molar-refractivity contribution >= 4 is 21.8 Å². The molecule has 2 aromatic carbocycles. The first-order valence-electron chi connectivity index (χ1n) is 10.6. The first-order valence-corrected chi connectivity index (χ1v) is 12.0. The third-order valence-electron chi connectivity index (χ3n) is 5.42. The van der Waals surface area contributed by atoms with Crippen LogP contribution < -0.4 is 10.1 Å². The van der Waals surface area contributed by atoms with E-state index in [1.807, 2.05) is 30.3 Å². The summed E-state index contributed by atoms with van der Waals surface area (Å²) in [4.78, 5) is 26.0. The van der Waals surface area contributed by atoms with Gasteiger partial charge < -0.3 is 15.0 Å². The summed E-state index contributed by atoms with van der Waals surface area (Å²) in [5.41, 5.74) is 1.08. The Labute approximate surface area is 189 Å². The van der Waals surface area contributed by atoms with E-state index in [1.54, 1.807) is 4.90 Å². The van der Waals surface area contributed by atoms with Crippen LogP contribution in [0.4, 0.5) is 0 Å². The maximum atomic E-state index is 13.2. The molecule has 1 N–H and O–H groups in total. The topological polar surface area (TPSA) is 96.0 Å². The van der Waals surface area contributed by atoms with Crippen molar-refractivity contribution in [3.8, 4) is 5.75 Å². The zero-order valence-electron chi connectivity index (χ0n) is 18.4. The summed E-state index contributed by atoms with van der Waals surface area (Å²) in [6, 6.07) is 13.6. The normalized spacial score (nSPS) is 14.1. The minimum absolute atomic E-state index is 0.0613. The van der Waals surface area contributed by atoms with Gasteiger partial charge in [0.05, 0.1) is 7.11 Å². The van der Waals surface area contributed by atoms with Crippen LogP contribution in [0.15, 0.2) is 53.4 Å². The summed E-state index contributed by atoms with van der Waals surface area (Å²) in [6.45, 7) is 1.96. The van der Waals surface area contributed by atoms with Gasteiger partial charge in [-0.2, -0.15) is 4.31 Å². The molecule has 0 unspecified atom stereocenters. The predicted octanol–water partition coefficient (Wildman–Crippen LogP) is 2.26. The highest BCUT2D eigenvalue weighted by molar-refractivity contribution is 7.89. The second-order valence-electron chi connectivity index (χ2n) is 7.71. The molecule has 0 bridgehead atoms. The maximum absolute atomic E-state index is 13.2. The molecular formula is C23H29N3O5S. The smallest absolute Gasteiger partial charge is 0.251 e. The van der Waals surface area contributed by atoms with Gasteiger partial charge in [-0.05, 0) is 36.6 Å². The van der Waals surface area contributed by atoms with E-state index in [9.17, 15) is 18.0 Å². The molecule has 0 aliphatic carbocycles. The molecule has 3 rings (SSSR count). The molecule has 1 fully saturated rings. The summed E-state index contributed by atoms with van der Waals surface area (Å²) in [5, 5.41) is 2.80. The molecule has 2 amide bonds. The number of amides is 2. The van der Waals surface area contributed by atoms with Crippen LogP contribution in [0, 0.1) is 0 Å². The number of carbonyl (C=O) groups excluding carboxylic acids is 2. The molecule has 8 nitrogen and oxygen atoms in total. The number of rotatable bonds is 10. The summed E-state index contributed by atoms with van der Waals surface area (Å²) < 4.78 is 32.9. The molecule has 1 aliphatic rings. The first kappa shape index (κ1) is 23.7. The molecule has 0 spiro atoms. The van der Waals surface area contributed by atoms with Crippen molar-refractivity contribution in [2.45, 2.75) is 30.7 Å². The number of methoxy groups -OCH3 is 1. The Kier molecular flexibility index (Phi) is 7.87. The third kappa shape index (κ3) is 5.66. The molecule has 0 aromatic heterocycles. The van der Waals surface area contributed by atoms with Gasteiger partial charge in [0.1, 0.15) is 10.6 Å². The highest BCUT2D eigenvalue weighted by Crippen LogP contribution is 2.28. The van der Waals surface area contributed by atoms with Gasteiger partial charge in [-0.3, -0.25) is 9.59 Å². The summed E-state index contributed by atoms with van der Waals surface area (Å²) in [7, 11) is -1.01. The highest BCUT2D eigenvalue weighted by Gasteiger charge is 2.26. The molecule has 0 radical (unpaired) electrons. The number of likely N-dealkylation sites (tertiary alicyclic amines) is 1. The Morgan fingerprint density at radius 3 is 2.59 bits per heavy atom. The largest absolute Gasteiger partial charge is 0.495 e. The summed E-state index contributed by atoms with van der Waals surface area (Å²) in [5.74, 6) is -0.0440. The lowest BCUT2D eigenvalue weighted by Gasteiger charge is -2.19.